The predicted molar refractivity (Wildman–Crippen MR) is 130 cm³/mol. The number of benzene rings is 3. The number of sulfonamides is 1. The maximum absolute atomic E-state index is 12.8. The van der Waals surface area contributed by atoms with Gasteiger partial charge in [0, 0.05) is 23.6 Å². The van der Waals surface area contributed by atoms with E-state index >= 15 is 0 Å². The number of nitrogens with one attached hydrogen (secondary N) is 2. The third-order valence-corrected chi connectivity index (χ3v) is 6.68. The van der Waals surface area contributed by atoms with Crippen molar-refractivity contribution in [3.05, 3.63) is 96.3 Å². The van der Waals surface area contributed by atoms with Crippen LogP contribution in [0.4, 0.5) is 11.4 Å². The summed E-state index contributed by atoms with van der Waals surface area (Å²) < 4.78 is 40.7. The normalized spacial score (nSPS) is 12.7. The van der Waals surface area contributed by atoms with Crippen LogP contribution in [0.2, 0.25) is 0 Å². The Hall–Kier alpha value is -4.31. The molecule has 0 saturated heterocycles. The molecule has 9 nitrogen and oxygen atoms in total. The topological polar surface area (TPSA) is 112 Å². The van der Waals surface area contributed by atoms with Crippen molar-refractivity contribution in [3.8, 4) is 11.5 Å². The van der Waals surface area contributed by atoms with Crippen molar-refractivity contribution in [2.45, 2.75) is 11.4 Å². The highest BCUT2D eigenvalue weighted by Crippen LogP contribution is 2.32. The number of nitrogens with zero attached hydrogens (tertiary/aromatic N) is 2. The maximum atomic E-state index is 12.8. The van der Waals surface area contributed by atoms with E-state index in [0.29, 0.717) is 48.2 Å². The van der Waals surface area contributed by atoms with Crippen LogP contribution >= 0.6 is 0 Å². The SMILES string of the molecule is O=C(Nc1ccc(NS(=O)(=O)c2ccc3c(c2)OCCO3)cc1)c1cnn(Cc2ccccc2)c1. The Morgan fingerprint density at radius 3 is 2.40 bits per heavy atom. The summed E-state index contributed by atoms with van der Waals surface area (Å²) in [6, 6.07) is 20.7. The lowest BCUT2D eigenvalue weighted by molar-refractivity contribution is 0.102. The minimum Gasteiger partial charge on any atom is -0.486 e. The quantitative estimate of drug-likeness (QED) is 0.408. The summed E-state index contributed by atoms with van der Waals surface area (Å²) in [6.45, 7) is 1.35. The average molecular weight is 491 g/mol. The molecule has 1 aliphatic heterocycles. The second-order valence-corrected chi connectivity index (χ2v) is 9.54. The molecule has 4 aromatic rings. The van der Waals surface area contributed by atoms with Crippen LogP contribution in [0.1, 0.15) is 15.9 Å². The van der Waals surface area contributed by atoms with Gasteiger partial charge >= 0.3 is 0 Å². The summed E-state index contributed by atoms with van der Waals surface area (Å²) in [6.07, 6.45) is 3.19. The molecule has 5 rings (SSSR count). The minimum atomic E-state index is -3.83. The monoisotopic (exact) mass is 490 g/mol. The van der Waals surface area contributed by atoms with Gasteiger partial charge in [-0.3, -0.25) is 14.2 Å². The Balaban J connectivity index is 1.22. The van der Waals surface area contributed by atoms with E-state index in [0.717, 1.165) is 5.56 Å². The van der Waals surface area contributed by atoms with Crippen LogP contribution in [0, 0.1) is 0 Å². The number of rotatable bonds is 7. The van der Waals surface area contributed by atoms with Crippen molar-refractivity contribution in [1.29, 1.82) is 0 Å². The highest BCUT2D eigenvalue weighted by Gasteiger charge is 2.19. The molecule has 3 aromatic carbocycles. The minimum absolute atomic E-state index is 0.0617. The molecule has 1 aliphatic rings. The zero-order valence-electron chi connectivity index (χ0n) is 18.5. The summed E-state index contributed by atoms with van der Waals surface area (Å²) in [5, 5.41) is 7.04. The number of aromatic nitrogens is 2. The lowest BCUT2D eigenvalue weighted by Gasteiger charge is -2.19. The number of hydrogen-bond donors (Lipinski definition) is 2. The smallest absolute Gasteiger partial charge is 0.262 e. The molecule has 0 unspecified atom stereocenters. The zero-order chi connectivity index (χ0) is 24.3. The van der Waals surface area contributed by atoms with Gasteiger partial charge in [-0.2, -0.15) is 5.10 Å². The number of carbonyl (C=O) groups excluding carboxylic acids is 1. The molecular formula is C25H22N4O5S. The molecule has 0 aliphatic carbocycles. The summed E-state index contributed by atoms with van der Waals surface area (Å²) in [4.78, 5) is 12.7. The molecule has 178 valence electrons. The van der Waals surface area contributed by atoms with Gasteiger partial charge in [-0.25, -0.2) is 8.42 Å². The van der Waals surface area contributed by atoms with Crippen molar-refractivity contribution in [1.82, 2.24) is 9.78 Å². The van der Waals surface area contributed by atoms with Crippen LogP contribution in [-0.4, -0.2) is 37.3 Å². The van der Waals surface area contributed by atoms with Gasteiger partial charge in [0.1, 0.15) is 13.2 Å². The molecule has 1 amide bonds. The molecular weight excluding hydrogens is 468 g/mol. The van der Waals surface area contributed by atoms with Crippen LogP contribution in [-0.2, 0) is 16.6 Å². The van der Waals surface area contributed by atoms with Crippen LogP contribution in [0.3, 0.4) is 0 Å². The highest BCUT2D eigenvalue weighted by molar-refractivity contribution is 7.92. The van der Waals surface area contributed by atoms with Crippen LogP contribution in [0.5, 0.6) is 11.5 Å². The molecule has 2 N–H and O–H groups in total. The number of ether oxygens (including phenoxy) is 2. The standard InChI is InChI=1S/C25H22N4O5S/c30-25(19-15-26-29(17-19)16-18-4-2-1-3-5-18)27-20-6-8-21(9-7-20)28-35(31,32)22-10-11-23-24(14-22)34-13-12-33-23/h1-11,14-15,17,28H,12-13,16H2,(H,27,30). The van der Waals surface area contributed by atoms with E-state index in [1.807, 2.05) is 30.3 Å². The first kappa shape index (κ1) is 22.5. The van der Waals surface area contributed by atoms with Gasteiger partial charge in [0.15, 0.2) is 11.5 Å². The Morgan fingerprint density at radius 2 is 1.63 bits per heavy atom. The second kappa shape index (κ2) is 9.51. The van der Waals surface area contributed by atoms with E-state index < -0.39 is 10.0 Å². The van der Waals surface area contributed by atoms with Gasteiger partial charge in [-0.05, 0) is 42.0 Å². The first-order valence-electron chi connectivity index (χ1n) is 10.9. The van der Waals surface area contributed by atoms with E-state index in [1.54, 1.807) is 41.2 Å². The first-order valence-corrected chi connectivity index (χ1v) is 12.3. The summed E-state index contributed by atoms with van der Waals surface area (Å²) >= 11 is 0. The fraction of sp³-hybridized carbons (Fsp3) is 0.120. The molecule has 0 atom stereocenters. The number of amides is 1. The summed E-state index contributed by atoms with van der Waals surface area (Å²) in [7, 11) is -3.83. The maximum Gasteiger partial charge on any atom is 0.262 e. The fourth-order valence-corrected chi connectivity index (χ4v) is 4.64. The number of fused-ring (bicyclic) bond motifs is 1. The molecule has 10 heteroatoms. The van der Waals surface area contributed by atoms with E-state index in [1.165, 1.54) is 18.3 Å². The largest absolute Gasteiger partial charge is 0.486 e. The number of carbonyl (C=O) groups is 1. The van der Waals surface area contributed by atoms with Crippen LogP contribution in [0.15, 0.2) is 90.1 Å². The fourth-order valence-electron chi connectivity index (χ4n) is 3.57. The van der Waals surface area contributed by atoms with Crippen molar-refractivity contribution in [2.75, 3.05) is 23.3 Å². The van der Waals surface area contributed by atoms with Gasteiger partial charge < -0.3 is 14.8 Å². The van der Waals surface area contributed by atoms with E-state index in [4.69, 9.17) is 9.47 Å². The Morgan fingerprint density at radius 1 is 0.914 bits per heavy atom. The lowest BCUT2D eigenvalue weighted by atomic mass is 10.2. The van der Waals surface area contributed by atoms with Crippen LogP contribution in [0.25, 0.3) is 0 Å². The molecule has 0 bridgehead atoms. The summed E-state index contributed by atoms with van der Waals surface area (Å²) in [5.41, 5.74) is 2.38. The van der Waals surface area contributed by atoms with Crippen molar-refractivity contribution in [3.63, 3.8) is 0 Å². The van der Waals surface area contributed by atoms with Gasteiger partial charge in [-0.1, -0.05) is 30.3 Å². The van der Waals surface area contributed by atoms with E-state index in [-0.39, 0.29) is 10.8 Å². The Kier molecular flexibility index (Phi) is 6.11. The number of anilines is 2. The molecule has 0 spiro atoms. The van der Waals surface area contributed by atoms with Gasteiger partial charge in [0.2, 0.25) is 0 Å². The van der Waals surface area contributed by atoms with E-state index in [2.05, 4.69) is 15.1 Å². The van der Waals surface area contributed by atoms with Gasteiger partial charge in [0.25, 0.3) is 15.9 Å². The molecule has 2 heterocycles. The Labute approximate surface area is 202 Å². The molecule has 35 heavy (non-hydrogen) atoms. The number of hydrogen-bond acceptors (Lipinski definition) is 6. The third-order valence-electron chi connectivity index (χ3n) is 5.30. The van der Waals surface area contributed by atoms with Gasteiger partial charge in [-0.15, -0.1) is 0 Å². The Bertz CT molecular complexity index is 1450. The predicted octanol–water partition coefficient (Wildman–Crippen LogP) is 3.76. The molecule has 0 radical (unpaired) electrons. The average Bonchev–Trinajstić information content (AvgIpc) is 3.34. The molecule has 0 fully saturated rings. The molecule has 1 aromatic heterocycles. The summed E-state index contributed by atoms with van der Waals surface area (Å²) in [5.74, 6) is 0.596. The van der Waals surface area contributed by atoms with Crippen molar-refractivity contribution < 1.29 is 22.7 Å². The molecule has 0 saturated carbocycles. The lowest BCUT2D eigenvalue weighted by Crippen LogP contribution is -2.17. The van der Waals surface area contributed by atoms with Crippen molar-refractivity contribution >= 4 is 27.3 Å². The van der Waals surface area contributed by atoms with Crippen LogP contribution < -0.4 is 19.5 Å². The highest BCUT2D eigenvalue weighted by atomic mass is 32.2. The first-order chi connectivity index (χ1) is 17.0. The van der Waals surface area contributed by atoms with E-state index in [9.17, 15) is 13.2 Å². The third kappa shape index (κ3) is 5.28. The van der Waals surface area contributed by atoms with Crippen molar-refractivity contribution in [2.24, 2.45) is 0 Å². The second-order valence-electron chi connectivity index (χ2n) is 7.85. The zero-order valence-corrected chi connectivity index (χ0v) is 19.4. The van der Waals surface area contributed by atoms with Gasteiger partial charge in [0.05, 0.1) is 23.2 Å².